The van der Waals surface area contributed by atoms with Gasteiger partial charge in [-0.1, -0.05) is 67.5 Å². The topological polar surface area (TPSA) is 175 Å². The lowest BCUT2D eigenvalue weighted by Gasteiger charge is -2.30. The van der Waals surface area contributed by atoms with Crippen molar-refractivity contribution in [2.45, 2.75) is 121 Å². The fourth-order valence-corrected chi connectivity index (χ4v) is 7.67. The first-order valence-corrected chi connectivity index (χ1v) is 19.8. The second kappa shape index (κ2) is 17.8. The molecule has 4 aliphatic rings. The number of halogens is 1. The van der Waals surface area contributed by atoms with Crippen molar-refractivity contribution in [2.24, 2.45) is 5.92 Å². The smallest absolute Gasteiger partial charge is 0.410 e. The van der Waals surface area contributed by atoms with E-state index in [1.807, 2.05) is 42.5 Å². The number of carbonyl (C=O) groups is 6. The molecule has 306 valence electrons. The van der Waals surface area contributed by atoms with Gasteiger partial charge in [0.15, 0.2) is 0 Å². The van der Waals surface area contributed by atoms with Gasteiger partial charge in [0, 0.05) is 44.0 Å². The van der Waals surface area contributed by atoms with Crippen LogP contribution in [0.25, 0.3) is 0 Å². The summed E-state index contributed by atoms with van der Waals surface area (Å²) in [6.45, 7) is 5.55. The van der Waals surface area contributed by atoms with Gasteiger partial charge in [0.25, 0.3) is 0 Å². The molecule has 15 heteroatoms. The molecule has 6 amide bonds. The minimum absolute atomic E-state index is 0.0171. The molecular formula is C42H53FN6O8. The van der Waals surface area contributed by atoms with E-state index < -0.39 is 65.1 Å². The molecular weight excluding hydrogens is 735 g/mol. The molecule has 57 heavy (non-hydrogen) atoms. The van der Waals surface area contributed by atoms with Gasteiger partial charge >= 0.3 is 12.2 Å². The Morgan fingerprint density at radius 1 is 0.982 bits per heavy atom. The molecule has 2 aromatic rings. The van der Waals surface area contributed by atoms with Crippen LogP contribution in [0.1, 0.15) is 88.8 Å². The number of hydrogen-bond acceptors (Lipinski definition) is 8. The molecule has 0 unspecified atom stereocenters. The average Bonchev–Trinajstić information content (AvgIpc) is 3.45. The Morgan fingerprint density at radius 3 is 2.53 bits per heavy atom. The number of benzene rings is 2. The third-order valence-corrected chi connectivity index (χ3v) is 10.8. The number of carbonyl (C=O) groups excluding carboxylic acids is 6. The van der Waals surface area contributed by atoms with Gasteiger partial charge in [-0.15, -0.1) is 0 Å². The summed E-state index contributed by atoms with van der Waals surface area (Å²) in [7, 11) is 0. The van der Waals surface area contributed by atoms with Crippen LogP contribution < -0.4 is 21.3 Å². The molecule has 2 fully saturated rings. The van der Waals surface area contributed by atoms with Crippen LogP contribution in [-0.4, -0.2) is 88.0 Å². The Morgan fingerprint density at radius 2 is 1.77 bits per heavy atom. The molecule has 14 nitrogen and oxygen atoms in total. The predicted octanol–water partition coefficient (Wildman–Crippen LogP) is 4.36. The molecule has 2 aromatic carbocycles. The molecule has 0 radical (unpaired) electrons. The van der Waals surface area contributed by atoms with Crippen LogP contribution in [0.5, 0.6) is 0 Å². The van der Waals surface area contributed by atoms with Gasteiger partial charge in [-0.2, -0.15) is 0 Å². The first-order chi connectivity index (χ1) is 27.2. The van der Waals surface area contributed by atoms with E-state index in [0.717, 1.165) is 24.8 Å². The number of fused-ring (bicyclic) bond motifs is 3. The van der Waals surface area contributed by atoms with Crippen LogP contribution in [-0.2, 0) is 48.3 Å². The van der Waals surface area contributed by atoms with Crippen molar-refractivity contribution in [1.29, 1.82) is 0 Å². The van der Waals surface area contributed by atoms with Crippen molar-refractivity contribution < 1.29 is 42.6 Å². The zero-order chi connectivity index (χ0) is 40.7. The molecule has 0 aromatic heterocycles. The molecule has 1 saturated carbocycles. The first-order valence-electron chi connectivity index (χ1n) is 19.8. The van der Waals surface area contributed by atoms with E-state index in [-0.39, 0.29) is 57.3 Å². The van der Waals surface area contributed by atoms with Crippen LogP contribution in [0.3, 0.4) is 0 Å². The molecule has 6 rings (SSSR count). The summed E-state index contributed by atoms with van der Waals surface area (Å²) in [5.74, 6) is -2.59. The minimum Gasteiger partial charge on any atom is -0.444 e. The summed E-state index contributed by atoms with van der Waals surface area (Å²) < 4.78 is 25.8. The quantitative estimate of drug-likeness (QED) is 0.286. The number of ether oxygens (including phenoxy) is 2. The lowest BCUT2D eigenvalue weighted by molar-refractivity contribution is -0.141. The highest BCUT2D eigenvalue weighted by molar-refractivity contribution is 5.98. The Labute approximate surface area is 332 Å². The standard InChI is InChI=1S/C42H53FN6O8/c1-41(2,3)57-39(54)46-33-18-11-6-4-5-10-16-29-22-42(29,38(53)44-20-19-35(50)45-23-27-13-8-7-9-14-27)47-36(51)34-21-30(25-49(34)37(33)52)56-40(55)48-24-28-15-12-17-32(43)31(28)26-48/h7-10,12-17,29-30,33-34H,4-6,11,18-26H2,1-3H3,(H,44,53)(H,45,50)(H,46,54)(H,47,51)/t29-,30-,33+,34+,42-/m1/s1. The van der Waals surface area contributed by atoms with Crippen LogP contribution in [0.15, 0.2) is 60.7 Å². The molecule has 0 spiro atoms. The maximum absolute atomic E-state index is 14.5. The molecule has 3 aliphatic heterocycles. The molecule has 1 saturated heterocycles. The SMILES string of the molecule is CC(C)(C)OC(=O)N[C@H]1CCCCCC=C[C@@H]2C[C@@]2(C(=O)NCCC(=O)NCc2ccccc2)NC(=O)[C@@H]2C[C@@H](OC(=O)N3Cc4cccc(F)c4C3)CN2C1=O. The van der Waals surface area contributed by atoms with Crippen LogP contribution in [0.2, 0.25) is 0 Å². The molecule has 5 atom stereocenters. The van der Waals surface area contributed by atoms with Gasteiger partial charge in [0.2, 0.25) is 23.6 Å². The summed E-state index contributed by atoms with van der Waals surface area (Å²) in [6, 6.07) is 11.9. The average molecular weight is 789 g/mol. The van der Waals surface area contributed by atoms with E-state index >= 15 is 0 Å². The zero-order valence-electron chi connectivity index (χ0n) is 32.8. The van der Waals surface area contributed by atoms with Crippen LogP contribution in [0.4, 0.5) is 14.0 Å². The number of rotatable bonds is 8. The number of hydrogen-bond donors (Lipinski definition) is 4. The second-order valence-electron chi connectivity index (χ2n) is 16.3. The summed E-state index contributed by atoms with van der Waals surface area (Å²) in [5.41, 5.74) is -0.129. The van der Waals surface area contributed by atoms with Crippen molar-refractivity contribution in [1.82, 2.24) is 31.1 Å². The fourth-order valence-electron chi connectivity index (χ4n) is 7.67. The van der Waals surface area contributed by atoms with Gasteiger partial charge in [0.1, 0.15) is 35.1 Å². The van der Waals surface area contributed by atoms with E-state index in [2.05, 4.69) is 21.3 Å². The van der Waals surface area contributed by atoms with Crippen LogP contribution >= 0.6 is 0 Å². The summed E-state index contributed by atoms with van der Waals surface area (Å²) in [5, 5.41) is 11.3. The van der Waals surface area contributed by atoms with E-state index in [1.54, 1.807) is 32.9 Å². The second-order valence-corrected chi connectivity index (χ2v) is 16.3. The maximum atomic E-state index is 14.5. The highest BCUT2D eigenvalue weighted by Crippen LogP contribution is 2.45. The van der Waals surface area contributed by atoms with E-state index in [0.29, 0.717) is 30.5 Å². The fraction of sp³-hybridized carbons (Fsp3) is 0.524. The van der Waals surface area contributed by atoms with Gasteiger partial charge < -0.3 is 35.6 Å². The highest BCUT2D eigenvalue weighted by Gasteiger charge is 2.61. The molecule has 3 heterocycles. The number of alkyl carbamates (subject to hydrolysis) is 1. The lowest BCUT2D eigenvalue weighted by Crippen LogP contribution is -2.58. The Hall–Kier alpha value is -5.47. The highest BCUT2D eigenvalue weighted by atomic mass is 19.1. The maximum Gasteiger partial charge on any atom is 0.410 e. The third kappa shape index (κ3) is 10.5. The molecule has 4 N–H and O–H groups in total. The largest absolute Gasteiger partial charge is 0.444 e. The van der Waals surface area contributed by atoms with Crippen molar-refractivity contribution in [3.63, 3.8) is 0 Å². The van der Waals surface area contributed by atoms with E-state index in [4.69, 9.17) is 9.47 Å². The number of amides is 6. The van der Waals surface area contributed by atoms with Crippen molar-refractivity contribution in [2.75, 3.05) is 13.1 Å². The van der Waals surface area contributed by atoms with Gasteiger partial charge in [0.05, 0.1) is 13.1 Å². The summed E-state index contributed by atoms with van der Waals surface area (Å²) in [6.07, 6.45) is 4.94. The number of allylic oxidation sites excluding steroid dienone is 1. The molecule has 0 bridgehead atoms. The summed E-state index contributed by atoms with van der Waals surface area (Å²) in [4.78, 5) is 84.2. The molecule has 1 aliphatic carbocycles. The number of nitrogens with zero attached hydrogens (tertiary/aromatic N) is 2. The predicted molar refractivity (Wildman–Crippen MR) is 206 cm³/mol. The van der Waals surface area contributed by atoms with Gasteiger partial charge in [-0.25, -0.2) is 14.0 Å². The van der Waals surface area contributed by atoms with Crippen molar-refractivity contribution >= 4 is 35.8 Å². The minimum atomic E-state index is -1.32. The third-order valence-electron chi connectivity index (χ3n) is 10.8. The zero-order valence-corrected chi connectivity index (χ0v) is 32.8. The monoisotopic (exact) mass is 788 g/mol. The Kier molecular flexibility index (Phi) is 12.8. The number of nitrogens with one attached hydrogen (secondary N) is 4. The van der Waals surface area contributed by atoms with E-state index in [1.165, 1.54) is 15.9 Å². The first kappa shape index (κ1) is 41.2. The summed E-state index contributed by atoms with van der Waals surface area (Å²) >= 11 is 0. The van der Waals surface area contributed by atoms with Crippen molar-refractivity contribution in [3.8, 4) is 0 Å². The van der Waals surface area contributed by atoms with E-state index in [9.17, 15) is 33.2 Å². The lowest BCUT2D eigenvalue weighted by atomic mass is 10.0. The van der Waals surface area contributed by atoms with Crippen LogP contribution in [0, 0.1) is 11.7 Å². The van der Waals surface area contributed by atoms with Gasteiger partial charge in [-0.05, 0) is 63.6 Å². The van der Waals surface area contributed by atoms with Gasteiger partial charge in [-0.3, -0.25) is 24.1 Å². The normalized spacial score (nSPS) is 24.8. The Bertz CT molecular complexity index is 1870. The van der Waals surface area contributed by atoms with Crippen molar-refractivity contribution in [3.05, 3.63) is 83.2 Å². The Balaban J connectivity index is 1.18.